The average molecular weight is 141 g/mol. The van der Waals surface area contributed by atoms with Crippen LogP contribution in [-0.4, -0.2) is 21.2 Å². The van der Waals surface area contributed by atoms with Crippen LogP contribution >= 0.6 is 0 Å². The first-order valence-electron chi connectivity index (χ1n) is 3.14. The molecule has 4 nitrogen and oxygen atoms in total. The molecule has 56 valence electrons. The number of H-pyrrole nitrogens is 1. The topological polar surface area (TPSA) is 74.9 Å². The lowest BCUT2D eigenvalue weighted by molar-refractivity contribution is 0.161. The monoisotopic (exact) mass is 141 g/mol. The van der Waals surface area contributed by atoms with Crippen molar-refractivity contribution in [2.24, 2.45) is 5.73 Å². The normalized spacial score (nSPS) is 16.7. The van der Waals surface area contributed by atoms with Crippen LogP contribution in [0.15, 0.2) is 12.4 Å². The molecule has 0 aliphatic carbocycles. The quantitative estimate of drug-likeness (QED) is 0.533. The summed E-state index contributed by atoms with van der Waals surface area (Å²) in [6.45, 7) is 1.63. The average Bonchev–Trinajstić information content (AvgIpc) is 2.36. The summed E-state index contributed by atoms with van der Waals surface area (Å²) < 4.78 is 0. The van der Waals surface area contributed by atoms with Gasteiger partial charge in [-0.05, 0) is 6.92 Å². The van der Waals surface area contributed by atoms with E-state index in [0.717, 1.165) is 0 Å². The predicted octanol–water partition coefficient (Wildman–Crippen LogP) is -0.210. The van der Waals surface area contributed by atoms with E-state index in [0.29, 0.717) is 5.82 Å². The van der Waals surface area contributed by atoms with Crippen LogP contribution in [0.1, 0.15) is 18.8 Å². The number of aromatic nitrogens is 2. The van der Waals surface area contributed by atoms with Crippen LogP contribution < -0.4 is 5.73 Å². The van der Waals surface area contributed by atoms with Crippen LogP contribution in [0.2, 0.25) is 0 Å². The van der Waals surface area contributed by atoms with Crippen molar-refractivity contribution in [1.29, 1.82) is 0 Å². The molecule has 0 aromatic carbocycles. The highest BCUT2D eigenvalue weighted by Crippen LogP contribution is 2.06. The number of hydrogen-bond donors (Lipinski definition) is 3. The largest absolute Gasteiger partial charge is 0.391 e. The lowest BCUT2D eigenvalue weighted by atomic mass is 10.2. The second-order valence-corrected chi connectivity index (χ2v) is 2.24. The van der Waals surface area contributed by atoms with Gasteiger partial charge in [0.2, 0.25) is 0 Å². The first-order chi connectivity index (χ1) is 4.72. The van der Waals surface area contributed by atoms with Gasteiger partial charge in [-0.3, -0.25) is 0 Å². The number of nitrogens with zero attached hydrogens (tertiary/aromatic N) is 1. The van der Waals surface area contributed by atoms with Gasteiger partial charge >= 0.3 is 0 Å². The molecule has 0 radical (unpaired) electrons. The molecule has 0 fully saturated rings. The third kappa shape index (κ3) is 1.34. The molecule has 4 heteroatoms. The Kier molecular flexibility index (Phi) is 2.03. The van der Waals surface area contributed by atoms with E-state index in [-0.39, 0.29) is 0 Å². The van der Waals surface area contributed by atoms with E-state index in [1.54, 1.807) is 19.3 Å². The molecule has 0 aliphatic heterocycles. The molecule has 1 rings (SSSR count). The van der Waals surface area contributed by atoms with Crippen LogP contribution in [0.3, 0.4) is 0 Å². The van der Waals surface area contributed by atoms with Gasteiger partial charge in [0.25, 0.3) is 0 Å². The SMILES string of the molecule is C[C@H](O)[C@H](N)c1ncc[nH]1. The van der Waals surface area contributed by atoms with Gasteiger partial charge in [-0.15, -0.1) is 0 Å². The molecule has 0 saturated heterocycles. The zero-order chi connectivity index (χ0) is 7.56. The standard InChI is InChI=1S/C6H11N3O/c1-4(10)5(7)6-8-2-3-9-6/h2-5,10H,7H2,1H3,(H,8,9)/t4-,5-/m0/s1. The zero-order valence-corrected chi connectivity index (χ0v) is 5.78. The highest BCUT2D eigenvalue weighted by atomic mass is 16.3. The third-order valence-electron chi connectivity index (χ3n) is 1.35. The fraction of sp³-hybridized carbons (Fsp3) is 0.500. The van der Waals surface area contributed by atoms with Crippen molar-refractivity contribution < 1.29 is 5.11 Å². The van der Waals surface area contributed by atoms with Gasteiger partial charge in [0, 0.05) is 12.4 Å². The zero-order valence-electron chi connectivity index (χ0n) is 5.78. The molecule has 0 aliphatic rings. The number of hydrogen-bond acceptors (Lipinski definition) is 3. The minimum absolute atomic E-state index is 0.407. The Hall–Kier alpha value is -0.870. The summed E-state index contributed by atoms with van der Waals surface area (Å²) >= 11 is 0. The fourth-order valence-electron chi connectivity index (χ4n) is 0.688. The van der Waals surface area contributed by atoms with E-state index in [2.05, 4.69) is 9.97 Å². The van der Waals surface area contributed by atoms with Gasteiger partial charge in [0.05, 0.1) is 12.1 Å². The van der Waals surface area contributed by atoms with E-state index in [4.69, 9.17) is 10.8 Å². The second-order valence-electron chi connectivity index (χ2n) is 2.24. The summed E-state index contributed by atoms with van der Waals surface area (Å²) in [5.74, 6) is 0.620. The number of rotatable bonds is 2. The Morgan fingerprint density at radius 2 is 2.50 bits per heavy atom. The van der Waals surface area contributed by atoms with Gasteiger partial charge in [-0.25, -0.2) is 4.98 Å². The molecule has 2 atom stereocenters. The van der Waals surface area contributed by atoms with Crippen LogP contribution in [0, 0.1) is 0 Å². The van der Waals surface area contributed by atoms with E-state index >= 15 is 0 Å². The third-order valence-corrected chi connectivity index (χ3v) is 1.35. The maximum Gasteiger partial charge on any atom is 0.125 e. The van der Waals surface area contributed by atoms with E-state index < -0.39 is 12.1 Å². The van der Waals surface area contributed by atoms with Gasteiger partial charge in [-0.2, -0.15) is 0 Å². The molecule has 0 amide bonds. The number of aromatic amines is 1. The molecule has 1 aromatic heterocycles. The molecule has 10 heavy (non-hydrogen) atoms. The summed E-state index contributed by atoms with van der Waals surface area (Å²) in [4.78, 5) is 6.72. The maximum absolute atomic E-state index is 9.01. The Morgan fingerprint density at radius 3 is 2.90 bits per heavy atom. The molecule has 0 bridgehead atoms. The molecular formula is C6H11N3O. The molecule has 4 N–H and O–H groups in total. The summed E-state index contributed by atoms with van der Waals surface area (Å²) in [5, 5.41) is 9.01. The van der Waals surface area contributed by atoms with Crippen molar-refractivity contribution in [3.05, 3.63) is 18.2 Å². The van der Waals surface area contributed by atoms with Gasteiger partial charge in [-0.1, -0.05) is 0 Å². The van der Waals surface area contributed by atoms with Crippen LogP contribution in [0.25, 0.3) is 0 Å². The van der Waals surface area contributed by atoms with Crippen molar-refractivity contribution in [3.63, 3.8) is 0 Å². The van der Waals surface area contributed by atoms with E-state index in [1.165, 1.54) is 0 Å². The lowest BCUT2D eigenvalue weighted by Crippen LogP contribution is -2.24. The van der Waals surface area contributed by atoms with Crippen LogP contribution in [0.4, 0.5) is 0 Å². The van der Waals surface area contributed by atoms with Crippen LogP contribution in [-0.2, 0) is 0 Å². The Labute approximate surface area is 59.1 Å². The van der Waals surface area contributed by atoms with Crippen molar-refractivity contribution in [1.82, 2.24) is 9.97 Å². The lowest BCUT2D eigenvalue weighted by Gasteiger charge is -2.10. The Balaban J connectivity index is 2.68. The minimum atomic E-state index is -0.564. The summed E-state index contributed by atoms with van der Waals surface area (Å²) in [5.41, 5.74) is 5.54. The van der Waals surface area contributed by atoms with E-state index in [1.807, 2.05) is 0 Å². The highest BCUT2D eigenvalue weighted by molar-refractivity contribution is 4.95. The molecule has 1 aromatic rings. The summed E-state index contributed by atoms with van der Waals surface area (Å²) in [6, 6.07) is -0.407. The van der Waals surface area contributed by atoms with Crippen molar-refractivity contribution in [3.8, 4) is 0 Å². The number of aliphatic hydroxyl groups excluding tert-OH is 1. The predicted molar refractivity (Wildman–Crippen MR) is 37.2 cm³/mol. The van der Waals surface area contributed by atoms with Gasteiger partial charge in [0.15, 0.2) is 0 Å². The number of nitrogens with two attached hydrogens (primary N) is 1. The number of nitrogens with one attached hydrogen (secondary N) is 1. The minimum Gasteiger partial charge on any atom is -0.391 e. The molecular weight excluding hydrogens is 130 g/mol. The van der Waals surface area contributed by atoms with Crippen molar-refractivity contribution >= 4 is 0 Å². The Bertz CT molecular complexity index is 183. The summed E-state index contributed by atoms with van der Waals surface area (Å²) in [7, 11) is 0. The summed E-state index contributed by atoms with van der Waals surface area (Å²) in [6.07, 6.45) is 2.72. The van der Waals surface area contributed by atoms with Crippen molar-refractivity contribution in [2.75, 3.05) is 0 Å². The van der Waals surface area contributed by atoms with E-state index in [9.17, 15) is 0 Å². The molecule has 1 heterocycles. The highest BCUT2D eigenvalue weighted by Gasteiger charge is 2.12. The van der Waals surface area contributed by atoms with Crippen LogP contribution in [0.5, 0.6) is 0 Å². The smallest absolute Gasteiger partial charge is 0.125 e. The first-order valence-corrected chi connectivity index (χ1v) is 3.14. The van der Waals surface area contributed by atoms with Crippen molar-refractivity contribution in [2.45, 2.75) is 19.1 Å². The molecule has 0 unspecified atom stereocenters. The fourth-order valence-corrected chi connectivity index (χ4v) is 0.688. The maximum atomic E-state index is 9.01. The van der Waals surface area contributed by atoms with Gasteiger partial charge < -0.3 is 15.8 Å². The Morgan fingerprint density at radius 1 is 1.80 bits per heavy atom. The number of aliphatic hydroxyl groups is 1. The second kappa shape index (κ2) is 2.81. The van der Waals surface area contributed by atoms with Gasteiger partial charge in [0.1, 0.15) is 5.82 Å². The number of imidazole rings is 1. The first kappa shape index (κ1) is 7.24. The molecule has 0 spiro atoms. The molecule has 0 saturated carbocycles.